The Balaban J connectivity index is 2.62. The van der Waals surface area contributed by atoms with E-state index in [4.69, 9.17) is 4.74 Å². The van der Waals surface area contributed by atoms with E-state index < -0.39 is 66.1 Å². The third-order valence-corrected chi connectivity index (χ3v) is 5.29. The predicted molar refractivity (Wildman–Crippen MR) is 120 cm³/mol. The van der Waals surface area contributed by atoms with Gasteiger partial charge in [-0.1, -0.05) is 6.92 Å². The number of hydrogen-bond acceptors (Lipinski definition) is 3. The molecule has 0 heterocycles. The van der Waals surface area contributed by atoms with Gasteiger partial charge in [0.05, 0.1) is 35.5 Å². The zero-order valence-corrected chi connectivity index (χ0v) is 20.5. The maximum Gasteiger partial charge on any atom is 0.416 e. The summed E-state index contributed by atoms with van der Waals surface area (Å²) >= 11 is 0. The summed E-state index contributed by atoms with van der Waals surface area (Å²) in [6.07, 6.45) is -17.8. The van der Waals surface area contributed by atoms with Crippen LogP contribution in [0.3, 0.4) is 0 Å². The molecule has 216 valence electrons. The molecule has 2 rings (SSSR count). The lowest BCUT2D eigenvalue weighted by Gasteiger charge is -2.27. The van der Waals surface area contributed by atoms with Gasteiger partial charge in [0.25, 0.3) is 0 Å². The van der Waals surface area contributed by atoms with E-state index in [-0.39, 0.29) is 30.5 Å². The van der Waals surface area contributed by atoms with Crippen LogP contribution >= 0.6 is 0 Å². The maximum atomic E-state index is 13.4. The van der Waals surface area contributed by atoms with Gasteiger partial charge in [-0.2, -0.15) is 39.5 Å². The van der Waals surface area contributed by atoms with Gasteiger partial charge in [0.1, 0.15) is 0 Å². The summed E-state index contributed by atoms with van der Waals surface area (Å²) in [5.74, 6) is 0. The SMILES string of the molecule is CCCN(C(=O)OCC)c1ccc(C(F)(F)F)cc1CN(Cc1cc(C(F)(F)F)cc(C(F)(F)F)c1)C(=O)O. The van der Waals surface area contributed by atoms with Crippen LogP contribution in [-0.4, -0.2) is 35.3 Å². The van der Waals surface area contributed by atoms with Crippen LogP contribution in [0.25, 0.3) is 0 Å². The first-order chi connectivity index (χ1) is 17.9. The molecular formula is C24H23F9N2O4. The van der Waals surface area contributed by atoms with Crippen molar-refractivity contribution < 1.29 is 58.9 Å². The molecule has 0 bridgehead atoms. The summed E-state index contributed by atoms with van der Waals surface area (Å²) in [5.41, 5.74) is -5.84. The van der Waals surface area contributed by atoms with Gasteiger partial charge in [0.2, 0.25) is 0 Å². The Labute approximate surface area is 216 Å². The average molecular weight is 574 g/mol. The summed E-state index contributed by atoms with van der Waals surface area (Å²) in [6, 6.07) is 2.62. The van der Waals surface area contributed by atoms with Crippen LogP contribution in [0.4, 0.5) is 54.8 Å². The Hall–Kier alpha value is -3.65. The van der Waals surface area contributed by atoms with E-state index in [1.807, 2.05) is 0 Å². The fraction of sp³-hybridized carbons (Fsp3) is 0.417. The molecule has 0 saturated carbocycles. The number of hydrogen-bond donors (Lipinski definition) is 1. The van der Waals surface area contributed by atoms with Gasteiger partial charge in [-0.25, -0.2) is 9.59 Å². The van der Waals surface area contributed by atoms with Crippen LogP contribution in [-0.2, 0) is 36.4 Å². The van der Waals surface area contributed by atoms with Crippen LogP contribution in [0.2, 0.25) is 0 Å². The van der Waals surface area contributed by atoms with E-state index in [2.05, 4.69) is 0 Å². The fourth-order valence-electron chi connectivity index (χ4n) is 3.61. The highest BCUT2D eigenvalue weighted by molar-refractivity contribution is 5.88. The predicted octanol–water partition coefficient (Wildman–Crippen LogP) is 7.80. The molecule has 0 fully saturated rings. The summed E-state index contributed by atoms with van der Waals surface area (Å²) in [7, 11) is 0. The number of rotatable bonds is 8. The average Bonchev–Trinajstić information content (AvgIpc) is 2.80. The van der Waals surface area contributed by atoms with Crippen molar-refractivity contribution >= 4 is 17.9 Å². The molecule has 0 spiro atoms. The summed E-state index contributed by atoms with van der Waals surface area (Å²) < 4.78 is 125. The summed E-state index contributed by atoms with van der Waals surface area (Å²) in [6.45, 7) is 1.04. The van der Waals surface area contributed by atoms with Gasteiger partial charge in [0, 0.05) is 13.1 Å². The van der Waals surface area contributed by atoms with Gasteiger partial charge in [0.15, 0.2) is 0 Å². The molecule has 6 nitrogen and oxygen atoms in total. The van der Waals surface area contributed by atoms with Crippen molar-refractivity contribution in [3.8, 4) is 0 Å². The van der Waals surface area contributed by atoms with Crippen molar-refractivity contribution in [2.45, 2.75) is 51.9 Å². The Bertz CT molecular complexity index is 1150. The van der Waals surface area contributed by atoms with Crippen molar-refractivity contribution in [1.29, 1.82) is 0 Å². The van der Waals surface area contributed by atoms with Crippen LogP contribution < -0.4 is 4.90 Å². The quantitative estimate of drug-likeness (QED) is 0.327. The highest BCUT2D eigenvalue weighted by Gasteiger charge is 2.37. The molecule has 1 N–H and O–H groups in total. The highest BCUT2D eigenvalue weighted by atomic mass is 19.4. The first kappa shape index (κ1) is 31.6. The number of benzene rings is 2. The first-order valence-electron chi connectivity index (χ1n) is 11.3. The topological polar surface area (TPSA) is 70.1 Å². The number of nitrogens with zero attached hydrogens (tertiary/aromatic N) is 2. The van der Waals surface area contributed by atoms with Crippen molar-refractivity contribution in [2.24, 2.45) is 0 Å². The van der Waals surface area contributed by atoms with Crippen molar-refractivity contribution in [1.82, 2.24) is 4.90 Å². The van der Waals surface area contributed by atoms with E-state index in [1.54, 1.807) is 6.92 Å². The Morgan fingerprint density at radius 1 is 0.795 bits per heavy atom. The number of ether oxygens (including phenoxy) is 1. The minimum absolute atomic E-state index is 0.0488. The number of carboxylic acid groups (broad SMARTS) is 1. The standard InChI is InChI=1S/C24H23F9N2O4/c1-3-7-35(21(38)39-4-2)19-6-5-16(22(25,26)27)10-15(19)13-34(20(36)37)12-14-8-17(23(28,29)30)11-18(9-14)24(31,32)33/h5-6,8-11H,3-4,7,12-13H2,1-2H3,(H,36,37). The molecule has 0 aromatic heterocycles. The molecule has 39 heavy (non-hydrogen) atoms. The molecule has 2 aromatic rings. The number of anilines is 1. The summed E-state index contributed by atoms with van der Waals surface area (Å²) in [4.78, 5) is 25.7. The minimum atomic E-state index is -5.20. The lowest BCUT2D eigenvalue weighted by atomic mass is 10.0. The number of carbonyl (C=O) groups is 2. The normalized spacial score (nSPS) is 12.3. The second-order valence-electron chi connectivity index (χ2n) is 8.24. The molecule has 15 heteroatoms. The Morgan fingerprint density at radius 3 is 1.77 bits per heavy atom. The van der Waals surface area contributed by atoms with Crippen molar-refractivity contribution in [3.63, 3.8) is 0 Å². The number of amides is 2. The molecule has 0 saturated heterocycles. The molecule has 2 aromatic carbocycles. The monoisotopic (exact) mass is 574 g/mol. The number of halogens is 9. The number of alkyl halides is 9. The van der Waals surface area contributed by atoms with E-state index >= 15 is 0 Å². The molecule has 0 radical (unpaired) electrons. The second kappa shape index (κ2) is 12.0. The zero-order chi connectivity index (χ0) is 29.8. The lowest BCUT2D eigenvalue weighted by Crippen LogP contribution is -2.35. The highest BCUT2D eigenvalue weighted by Crippen LogP contribution is 2.37. The molecule has 0 atom stereocenters. The minimum Gasteiger partial charge on any atom is -0.465 e. The summed E-state index contributed by atoms with van der Waals surface area (Å²) in [5, 5.41) is 9.66. The second-order valence-corrected chi connectivity index (χ2v) is 8.24. The van der Waals surface area contributed by atoms with E-state index in [1.165, 1.54) is 6.92 Å². The maximum absolute atomic E-state index is 13.4. The largest absolute Gasteiger partial charge is 0.465 e. The third-order valence-electron chi connectivity index (χ3n) is 5.29. The smallest absolute Gasteiger partial charge is 0.416 e. The van der Waals surface area contributed by atoms with Gasteiger partial charge >= 0.3 is 30.7 Å². The zero-order valence-electron chi connectivity index (χ0n) is 20.5. The van der Waals surface area contributed by atoms with Gasteiger partial charge in [-0.15, -0.1) is 0 Å². The fourth-order valence-corrected chi connectivity index (χ4v) is 3.61. The van der Waals surface area contributed by atoms with Crippen LogP contribution in [0.15, 0.2) is 36.4 Å². The lowest BCUT2D eigenvalue weighted by molar-refractivity contribution is -0.143. The van der Waals surface area contributed by atoms with Gasteiger partial charge in [-0.05, 0) is 60.9 Å². The Kier molecular flexibility index (Phi) is 9.74. The number of carbonyl (C=O) groups excluding carboxylic acids is 1. The molecule has 0 aliphatic heterocycles. The van der Waals surface area contributed by atoms with Gasteiger partial charge < -0.3 is 9.84 Å². The van der Waals surface area contributed by atoms with Crippen molar-refractivity contribution in [2.75, 3.05) is 18.1 Å². The molecule has 0 aliphatic rings. The van der Waals surface area contributed by atoms with E-state index in [9.17, 15) is 54.2 Å². The molecule has 0 unspecified atom stereocenters. The van der Waals surface area contributed by atoms with E-state index in [0.29, 0.717) is 35.6 Å². The third kappa shape index (κ3) is 8.42. The van der Waals surface area contributed by atoms with E-state index in [0.717, 1.165) is 11.0 Å². The molecule has 2 amide bonds. The van der Waals surface area contributed by atoms with Crippen LogP contribution in [0, 0.1) is 0 Å². The van der Waals surface area contributed by atoms with Crippen LogP contribution in [0.5, 0.6) is 0 Å². The molecular weight excluding hydrogens is 551 g/mol. The van der Waals surface area contributed by atoms with Gasteiger partial charge in [-0.3, -0.25) is 9.80 Å². The first-order valence-corrected chi connectivity index (χ1v) is 11.3. The van der Waals surface area contributed by atoms with Crippen molar-refractivity contribution in [3.05, 3.63) is 64.2 Å². The van der Waals surface area contributed by atoms with Crippen LogP contribution in [0.1, 0.15) is 48.1 Å². The molecule has 0 aliphatic carbocycles. The Morgan fingerprint density at radius 2 is 1.33 bits per heavy atom.